The summed E-state index contributed by atoms with van der Waals surface area (Å²) in [7, 11) is 3.48. The van der Waals surface area contributed by atoms with E-state index < -0.39 is 0 Å². The summed E-state index contributed by atoms with van der Waals surface area (Å²) in [6.45, 7) is 0.245. The largest absolute Gasteiger partial charge is 0.494 e. The zero-order chi connectivity index (χ0) is 19.8. The highest BCUT2D eigenvalue weighted by atomic mass is 16.7. The molecule has 5 rings (SSSR count). The number of nitrogens with zero attached hydrogens (tertiary/aromatic N) is 3. The van der Waals surface area contributed by atoms with Crippen LogP contribution < -0.4 is 19.5 Å². The molecule has 4 aromatic rings. The van der Waals surface area contributed by atoms with Gasteiger partial charge in [0.15, 0.2) is 17.3 Å². The summed E-state index contributed by atoms with van der Waals surface area (Å²) in [5.74, 6) is 3.46. The lowest BCUT2D eigenvalue weighted by atomic mass is 10.0. The minimum absolute atomic E-state index is 0.245. The Kier molecular flexibility index (Phi) is 4.13. The molecule has 0 saturated carbocycles. The summed E-state index contributed by atoms with van der Waals surface area (Å²) < 4.78 is 16.6. The molecule has 144 valence electrons. The maximum atomic E-state index is 5.68. The summed E-state index contributed by atoms with van der Waals surface area (Å²) in [5, 5.41) is 4.05. The summed E-state index contributed by atoms with van der Waals surface area (Å²) in [6, 6.07) is 13.7. The molecule has 7 nitrogen and oxygen atoms in total. The smallest absolute Gasteiger partial charge is 0.231 e. The van der Waals surface area contributed by atoms with Gasteiger partial charge >= 0.3 is 0 Å². The van der Waals surface area contributed by atoms with Gasteiger partial charge in [-0.2, -0.15) is 0 Å². The van der Waals surface area contributed by atoms with E-state index in [1.54, 1.807) is 19.5 Å². The fourth-order valence-electron chi connectivity index (χ4n) is 3.41. The second-order valence-corrected chi connectivity index (χ2v) is 6.53. The second kappa shape index (κ2) is 6.94. The molecule has 0 aliphatic carbocycles. The molecule has 2 aromatic carbocycles. The molecular formula is C22H18N4O3. The monoisotopic (exact) mass is 386 g/mol. The number of ether oxygens (including phenoxy) is 3. The summed E-state index contributed by atoms with van der Waals surface area (Å²) >= 11 is 0. The molecule has 1 N–H and O–H groups in total. The number of hydrogen-bond donors (Lipinski definition) is 1. The van der Waals surface area contributed by atoms with Gasteiger partial charge in [-0.05, 0) is 47.5 Å². The number of methoxy groups -OCH3 is 1. The number of nitrogens with one attached hydrogen (secondary N) is 1. The standard InChI is InChI=1S/C22H18N4O3/c1-23-22-16-8-15(13-5-6-17-18(9-13)29-12-28-17)10-19(27-2)20(16)25-21(26-22)14-4-3-7-24-11-14/h3-11H,12H2,1-2H3,(H,23,25,26). The first-order chi connectivity index (χ1) is 14.3. The van der Waals surface area contributed by atoms with Crippen molar-refractivity contribution >= 4 is 16.7 Å². The number of anilines is 1. The molecule has 0 fully saturated rings. The summed E-state index contributed by atoms with van der Waals surface area (Å²) in [4.78, 5) is 13.6. The molecule has 0 radical (unpaired) electrons. The molecule has 0 atom stereocenters. The molecule has 1 aliphatic heterocycles. The van der Waals surface area contributed by atoms with Crippen molar-refractivity contribution in [3.05, 3.63) is 54.9 Å². The van der Waals surface area contributed by atoms with Crippen molar-refractivity contribution in [1.82, 2.24) is 15.0 Å². The van der Waals surface area contributed by atoms with E-state index in [2.05, 4.69) is 10.3 Å². The highest BCUT2D eigenvalue weighted by molar-refractivity contribution is 5.98. The average molecular weight is 386 g/mol. The zero-order valence-electron chi connectivity index (χ0n) is 16.0. The number of aromatic nitrogens is 3. The zero-order valence-corrected chi connectivity index (χ0v) is 16.0. The molecule has 0 amide bonds. The van der Waals surface area contributed by atoms with Crippen LogP contribution in [-0.2, 0) is 0 Å². The third kappa shape index (κ3) is 2.97. The molecule has 29 heavy (non-hydrogen) atoms. The Morgan fingerprint density at radius 1 is 0.966 bits per heavy atom. The normalized spacial score (nSPS) is 12.2. The van der Waals surface area contributed by atoms with Gasteiger partial charge in [-0.3, -0.25) is 4.98 Å². The van der Waals surface area contributed by atoms with Crippen LogP contribution in [0.2, 0.25) is 0 Å². The van der Waals surface area contributed by atoms with E-state index in [-0.39, 0.29) is 6.79 Å². The van der Waals surface area contributed by atoms with E-state index in [0.717, 1.165) is 44.9 Å². The molecule has 7 heteroatoms. The van der Waals surface area contributed by atoms with Crippen molar-refractivity contribution in [2.75, 3.05) is 26.3 Å². The fourth-order valence-corrected chi connectivity index (χ4v) is 3.41. The van der Waals surface area contributed by atoms with Crippen LogP contribution in [0, 0.1) is 0 Å². The van der Waals surface area contributed by atoms with Crippen molar-refractivity contribution in [1.29, 1.82) is 0 Å². The van der Waals surface area contributed by atoms with Crippen LogP contribution in [0.4, 0.5) is 5.82 Å². The van der Waals surface area contributed by atoms with Crippen LogP contribution in [0.15, 0.2) is 54.9 Å². The van der Waals surface area contributed by atoms with Gasteiger partial charge in [-0.1, -0.05) is 6.07 Å². The number of rotatable bonds is 4. The molecule has 2 aromatic heterocycles. The lowest BCUT2D eigenvalue weighted by molar-refractivity contribution is 0.174. The Hall–Kier alpha value is -3.87. The fraction of sp³-hybridized carbons (Fsp3) is 0.136. The van der Waals surface area contributed by atoms with E-state index in [9.17, 15) is 0 Å². The van der Waals surface area contributed by atoms with Gasteiger partial charge in [0.05, 0.1) is 7.11 Å². The quantitative estimate of drug-likeness (QED) is 0.565. The van der Waals surface area contributed by atoms with Crippen LogP contribution in [0.25, 0.3) is 33.4 Å². The van der Waals surface area contributed by atoms with Crippen molar-refractivity contribution in [3.8, 4) is 39.8 Å². The Bertz CT molecular complexity index is 1210. The molecule has 3 heterocycles. The molecule has 0 unspecified atom stereocenters. The Morgan fingerprint density at radius 3 is 2.66 bits per heavy atom. The van der Waals surface area contributed by atoms with Gasteiger partial charge in [0, 0.05) is 30.4 Å². The maximum Gasteiger partial charge on any atom is 0.231 e. The Labute approximate surface area is 167 Å². The predicted octanol–water partition coefficient (Wildman–Crippen LogP) is 4.14. The van der Waals surface area contributed by atoms with Gasteiger partial charge in [0.2, 0.25) is 6.79 Å². The van der Waals surface area contributed by atoms with Crippen molar-refractivity contribution in [2.24, 2.45) is 0 Å². The summed E-state index contributed by atoms with van der Waals surface area (Å²) in [5.41, 5.74) is 3.54. The molecule has 1 aliphatic rings. The van der Waals surface area contributed by atoms with E-state index in [1.807, 2.05) is 49.5 Å². The third-order valence-corrected chi connectivity index (χ3v) is 4.85. The summed E-state index contributed by atoms with van der Waals surface area (Å²) in [6.07, 6.45) is 3.47. The first kappa shape index (κ1) is 17.2. The lowest BCUT2D eigenvalue weighted by Crippen LogP contribution is -2.01. The van der Waals surface area contributed by atoms with E-state index in [4.69, 9.17) is 24.2 Å². The Morgan fingerprint density at radius 2 is 1.86 bits per heavy atom. The van der Waals surface area contributed by atoms with E-state index >= 15 is 0 Å². The Balaban J connectivity index is 1.71. The van der Waals surface area contributed by atoms with Crippen molar-refractivity contribution < 1.29 is 14.2 Å². The molecule has 0 saturated heterocycles. The van der Waals surface area contributed by atoms with Gasteiger partial charge in [-0.25, -0.2) is 9.97 Å². The number of pyridine rings is 1. The van der Waals surface area contributed by atoms with E-state index in [0.29, 0.717) is 11.6 Å². The predicted molar refractivity (Wildman–Crippen MR) is 110 cm³/mol. The number of benzene rings is 2. The molecule has 0 bridgehead atoms. The van der Waals surface area contributed by atoms with Crippen LogP contribution in [-0.4, -0.2) is 35.9 Å². The topological polar surface area (TPSA) is 78.4 Å². The second-order valence-electron chi connectivity index (χ2n) is 6.53. The first-order valence-electron chi connectivity index (χ1n) is 9.15. The minimum Gasteiger partial charge on any atom is -0.494 e. The third-order valence-electron chi connectivity index (χ3n) is 4.85. The van der Waals surface area contributed by atoms with Gasteiger partial charge in [0.1, 0.15) is 17.1 Å². The highest BCUT2D eigenvalue weighted by Gasteiger charge is 2.17. The number of fused-ring (bicyclic) bond motifs is 2. The number of hydrogen-bond acceptors (Lipinski definition) is 7. The SMILES string of the molecule is CNc1nc(-c2cccnc2)nc2c(OC)cc(-c3ccc4c(c3)OCO4)cc12. The molecule has 0 spiro atoms. The van der Waals surface area contributed by atoms with Crippen molar-refractivity contribution in [2.45, 2.75) is 0 Å². The van der Waals surface area contributed by atoms with Crippen LogP contribution in [0.3, 0.4) is 0 Å². The van der Waals surface area contributed by atoms with Gasteiger partial charge < -0.3 is 19.5 Å². The molecular weight excluding hydrogens is 368 g/mol. The van der Waals surface area contributed by atoms with Crippen LogP contribution in [0.5, 0.6) is 17.2 Å². The minimum atomic E-state index is 0.245. The van der Waals surface area contributed by atoms with E-state index in [1.165, 1.54) is 0 Å². The van der Waals surface area contributed by atoms with Crippen LogP contribution >= 0.6 is 0 Å². The van der Waals surface area contributed by atoms with Gasteiger partial charge in [0.25, 0.3) is 0 Å². The maximum absolute atomic E-state index is 5.68. The van der Waals surface area contributed by atoms with Gasteiger partial charge in [-0.15, -0.1) is 0 Å². The highest BCUT2D eigenvalue weighted by Crippen LogP contribution is 2.39. The average Bonchev–Trinajstić information content (AvgIpc) is 3.26. The van der Waals surface area contributed by atoms with Crippen LogP contribution in [0.1, 0.15) is 0 Å². The lowest BCUT2D eigenvalue weighted by Gasteiger charge is -2.13. The first-order valence-corrected chi connectivity index (χ1v) is 9.15. The van der Waals surface area contributed by atoms with Crippen molar-refractivity contribution in [3.63, 3.8) is 0 Å².